The molecule has 0 aromatic heterocycles. The minimum Gasteiger partial charge on any atom is -0.444 e. The number of rotatable bonds is 2. The summed E-state index contributed by atoms with van der Waals surface area (Å²) in [4.78, 5) is 13.7. The monoisotopic (exact) mass is 411 g/mol. The molecular weight excluding hydrogens is 387 g/mol. The summed E-state index contributed by atoms with van der Waals surface area (Å²) in [5, 5.41) is 0. The first-order valence-electron chi connectivity index (χ1n) is 8.24. The van der Waals surface area contributed by atoms with Gasteiger partial charge in [0.2, 0.25) is 9.63 Å². The minimum absolute atomic E-state index is 0.139. The lowest BCUT2D eigenvalue weighted by Crippen LogP contribution is -2.50. The maximum atomic E-state index is 13.0. The standard InChI is InChI=1S/C17H24F3NO5S/c1-11-13-8-9-21(15(22)25-16(2,3)4)10-12(13)6-7-14(11)26-27(5,23,24)17(18,19)20/h6-7H,8-10H2,1-5H3,(H,23,24). The van der Waals surface area contributed by atoms with Crippen molar-refractivity contribution in [1.29, 1.82) is 0 Å². The van der Waals surface area contributed by atoms with E-state index in [1.165, 1.54) is 24.0 Å². The van der Waals surface area contributed by atoms with Gasteiger partial charge in [0.1, 0.15) is 11.4 Å². The van der Waals surface area contributed by atoms with Crippen molar-refractivity contribution in [2.45, 2.75) is 51.8 Å². The first kappa shape index (κ1) is 21.5. The van der Waals surface area contributed by atoms with Crippen LogP contribution in [0.4, 0.5) is 18.0 Å². The van der Waals surface area contributed by atoms with E-state index < -0.39 is 26.8 Å². The molecule has 1 aliphatic rings. The average Bonchev–Trinajstić information content (AvgIpc) is 2.46. The highest BCUT2D eigenvalue weighted by Crippen LogP contribution is 2.42. The van der Waals surface area contributed by atoms with Crippen molar-refractivity contribution < 1.29 is 35.6 Å². The van der Waals surface area contributed by atoms with E-state index in [2.05, 4.69) is 4.18 Å². The number of amides is 1. The lowest BCUT2D eigenvalue weighted by molar-refractivity contribution is -0.0620. The topological polar surface area (TPSA) is 76.1 Å². The lowest BCUT2D eigenvalue weighted by atomic mass is 9.95. The molecule has 154 valence electrons. The summed E-state index contributed by atoms with van der Waals surface area (Å²) in [5.74, 6) is -0.307. The molecule has 0 radical (unpaired) electrons. The number of nitrogens with zero attached hydrogens (tertiary/aromatic N) is 1. The van der Waals surface area contributed by atoms with E-state index in [1.807, 2.05) is 0 Å². The van der Waals surface area contributed by atoms with Crippen LogP contribution in [0.5, 0.6) is 5.75 Å². The van der Waals surface area contributed by atoms with E-state index in [0.29, 0.717) is 24.1 Å². The summed E-state index contributed by atoms with van der Waals surface area (Å²) in [6.45, 7) is 7.34. The number of fused-ring (bicyclic) bond motifs is 1. The number of carbonyl (C=O) groups excluding carboxylic acids is 1. The molecule has 0 unspecified atom stereocenters. The van der Waals surface area contributed by atoms with Crippen LogP contribution in [0.1, 0.15) is 37.5 Å². The first-order valence-corrected chi connectivity index (χ1v) is 10.5. The Morgan fingerprint density at radius 1 is 1.26 bits per heavy atom. The molecule has 0 atom stereocenters. The Morgan fingerprint density at radius 2 is 1.85 bits per heavy atom. The Hall–Kier alpha value is -1.81. The molecule has 1 aromatic rings. The van der Waals surface area contributed by atoms with Crippen molar-refractivity contribution in [2.24, 2.45) is 0 Å². The zero-order valence-corrected chi connectivity index (χ0v) is 16.7. The number of hydrogen-bond acceptors (Lipinski definition) is 4. The summed E-state index contributed by atoms with van der Waals surface area (Å²) in [5.41, 5.74) is -4.30. The van der Waals surface area contributed by atoms with Gasteiger partial charge >= 0.3 is 11.6 Å². The van der Waals surface area contributed by atoms with Gasteiger partial charge in [-0.1, -0.05) is 6.07 Å². The summed E-state index contributed by atoms with van der Waals surface area (Å²) >= 11 is 0. The second-order valence-electron chi connectivity index (χ2n) is 7.70. The van der Waals surface area contributed by atoms with Crippen LogP contribution in [0.2, 0.25) is 0 Å². The number of alkyl halides is 3. The Bertz CT molecular complexity index is 823. The molecule has 0 aliphatic carbocycles. The van der Waals surface area contributed by atoms with Crippen molar-refractivity contribution in [2.75, 3.05) is 12.8 Å². The number of hydrogen-bond donors (Lipinski definition) is 1. The number of carbonyl (C=O) groups is 1. The molecule has 27 heavy (non-hydrogen) atoms. The average molecular weight is 411 g/mol. The van der Waals surface area contributed by atoms with Crippen LogP contribution in [0.3, 0.4) is 0 Å². The molecule has 1 N–H and O–H groups in total. The van der Waals surface area contributed by atoms with Gasteiger partial charge in [-0.3, -0.25) is 4.55 Å². The highest BCUT2D eigenvalue weighted by molar-refractivity contribution is 8.11. The van der Waals surface area contributed by atoms with Crippen LogP contribution in [-0.4, -0.2) is 43.7 Å². The van der Waals surface area contributed by atoms with Crippen LogP contribution in [0.25, 0.3) is 0 Å². The molecule has 2 rings (SSSR count). The number of benzene rings is 1. The predicted molar refractivity (Wildman–Crippen MR) is 94.9 cm³/mol. The third-order valence-electron chi connectivity index (χ3n) is 4.10. The molecule has 1 heterocycles. The normalized spacial score (nSPS) is 16.9. The Balaban J connectivity index is 2.27. The largest absolute Gasteiger partial charge is 0.503 e. The summed E-state index contributed by atoms with van der Waals surface area (Å²) in [7, 11) is -6.32. The van der Waals surface area contributed by atoms with Crippen molar-refractivity contribution >= 4 is 15.7 Å². The molecule has 0 saturated heterocycles. The molecule has 1 aromatic carbocycles. The Kier molecular flexibility index (Phi) is 5.07. The molecule has 1 amide bonds. The third-order valence-corrected chi connectivity index (χ3v) is 5.72. The van der Waals surface area contributed by atoms with Crippen LogP contribution >= 0.6 is 0 Å². The van der Waals surface area contributed by atoms with Gasteiger partial charge in [-0.05, 0) is 56.9 Å². The van der Waals surface area contributed by atoms with Crippen LogP contribution in [-0.2, 0) is 27.3 Å². The highest BCUT2D eigenvalue weighted by atomic mass is 32.3. The van der Waals surface area contributed by atoms with Gasteiger partial charge < -0.3 is 13.8 Å². The third kappa shape index (κ3) is 4.55. The zero-order chi connectivity index (χ0) is 20.9. The highest BCUT2D eigenvalue weighted by Gasteiger charge is 2.58. The fraction of sp³-hybridized carbons (Fsp3) is 0.588. The van der Waals surface area contributed by atoms with Gasteiger partial charge in [0.25, 0.3) is 0 Å². The summed E-state index contributed by atoms with van der Waals surface area (Å²) in [6, 6.07) is 2.71. The van der Waals surface area contributed by atoms with Crippen molar-refractivity contribution in [1.82, 2.24) is 4.90 Å². The fourth-order valence-corrected chi connectivity index (χ4v) is 3.35. The number of halogens is 3. The van der Waals surface area contributed by atoms with Gasteiger partial charge in [0.05, 0.1) is 6.26 Å². The van der Waals surface area contributed by atoms with Gasteiger partial charge in [-0.15, -0.1) is 0 Å². The lowest BCUT2D eigenvalue weighted by Gasteiger charge is -2.36. The number of ether oxygens (including phenoxy) is 1. The summed E-state index contributed by atoms with van der Waals surface area (Å²) < 4.78 is 70.2. The van der Waals surface area contributed by atoms with Gasteiger partial charge in [-0.25, -0.2) is 9.00 Å². The Labute approximate surface area is 156 Å². The van der Waals surface area contributed by atoms with Gasteiger partial charge in [0, 0.05) is 13.1 Å². The van der Waals surface area contributed by atoms with E-state index in [4.69, 9.17) is 4.74 Å². The smallest absolute Gasteiger partial charge is 0.444 e. The van der Waals surface area contributed by atoms with Crippen LogP contribution in [0, 0.1) is 6.92 Å². The van der Waals surface area contributed by atoms with E-state index in [0.717, 1.165) is 5.56 Å². The van der Waals surface area contributed by atoms with Crippen molar-refractivity contribution in [3.8, 4) is 5.75 Å². The molecule has 1 aliphatic heterocycles. The molecule has 0 bridgehead atoms. The SMILES string of the molecule is Cc1c(OS(C)(=O)(O)C(F)(F)F)ccc2c1CCN(C(=O)OC(C)(C)C)C2. The van der Waals surface area contributed by atoms with E-state index in [-0.39, 0.29) is 18.6 Å². The van der Waals surface area contributed by atoms with Crippen LogP contribution < -0.4 is 4.18 Å². The molecule has 0 spiro atoms. The molecule has 6 nitrogen and oxygen atoms in total. The predicted octanol–water partition coefficient (Wildman–Crippen LogP) is 4.02. The summed E-state index contributed by atoms with van der Waals surface area (Å²) in [6.07, 6.45) is 0.0289. The second-order valence-corrected chi connectivity index (χ2v) is 10.7. The van der Waals surface area contributed by atoms with Crippen LogP contribution in [0.15, 0.2) is 12.1 Å². The minimum atomic E-state index is -6.32. The molecular formula is C17H24F3NO5S. The van der Waals surface area contributed by atoms with E-state index in [9.17, 15) is 26.7 Å². The molecule has 0 saturated carbocycles. The second kappa shape index (κ2) is 6.37. The maximum Gasteiger partial charge on any atom is 0.503 e. The molecule has 0 fully saturated rings. The first-order chi connectivity index (χ1) is 12.0. The van der Waals surface area contributed by atoms with Gasteiger partial charge in [-0.2, -0.15) is 13.2 Å². The quantitative estimate of drug-likeness (QED) is 0.795. The van der Waals surface area contributed by atoms with Crippen molar-refractivity contribution in [3.05, 3.63) is 28.8 Å². The van der Waals surface area contributed by atoms with Gasteiger partial charge in [0.15, 0.2) is 0 Å². The fourth-order valence-electron chi connectivity index (χ4n) is 2.65. The van der Waals surface area contributed by atoms with Crippen molar-refractivity contribution in [3.63, 3.8) is 0 Å². The maximum absolute atomic E-state index is 13.0. The molecule has 10 heteroatoms. The van der Waals surface area contributed by atoms with E-state index >= 15 is 0 Å². The van der Waals surface area contributed by atoms with E-state index in [1.54, 1.807) is 20.8 Å². The Morgan fingerprint density at radius 3 is 2.37 bits per heavy atom. The zero-order valence-electron chi connectivity index (χ0n) is 15.8.